The maximum Gasteiger partial charge on any atom is 0.138 e. The highest BCUT2D eigenvalue weighted by atomic mass is 79.9. The van der Waals surface area contributed by atoms with Gasteiger partial charge in [-0.2, -0.15) is 0 Å². The van der Waals surface area contributed by atoms with Gasteiger partial charge in [-0.3, -0.25) is 4.68 Å². The lowest BCUT2D eigenvalue weighted by Gasteiger charge is -2.11. The highest BCUT2D eigenvalue weighted by molar-refractivity contribution is 9.10. The third-order valence-corrected chi connectivity index (χ3v) is 3.07. The number of nitrogens with one attached hydrogen (secondary N) is 1. The van der Waals surface area contributed by atoms with Gasteiger partial charge in [-0.05, 0) is 48.0 Å². The van der Waals surface area contributed by atoms with Crippen molar-refractivity contribution in [2.45, 2.75) is 20.4 Å². The number of nitrogens with zero attached hydrogens (tertiary/aromatic N) is 1. The Labute approximate surface area is 97.2 Å². The molecule has 0 saturated carbocycles. The summed E-state index contributed by atoms with van der Waals surface area (Å²) in [6.07, 6.45) is 1.68. The van der Waals surface area contributed by atoms with Crippen LogP contribution in [0.15, 0.2) is 33.4 Å². The van der Waals surface area contributed by atoms with Crippen molar-refractivity contribution in [2.75, 3.05) is 5.43 Å². The first-order chi connectivity index (χ1) is 7.18. The molecule has 0 fully saturated rings. The number of halogens is 1. The molecule has 0 aliphatic heterocycles. The molecule has 0 aromatic carbocycles. The standard InChI is InChI=1S/C11H13BrN2O/c1-8-3-4-9(2)14(8)13-7-11-10(12)5-6-15-11/h3-6,13H,7H2,1-2H3. The van der Waals surface area contributed by atoms with E-state index in [0.717, 1.165) is 10.2 Å². The predicted molar refractivity (Wildman–Crippen MR) is 63.4 cm³/mol. The number of furan rings is 1. The molecule has 2 rings (SSSR count). The van der Waals surface area contributed by atoms with E-state index in [-0.39, 0.29) is 0 Å². The number of rotatable bonds is 3. The van der Waals surface area contributed by atoms with Crippen molar-refractivity contribution in [3.8, 4) is 0 Å². The molecule has 0 amide bonds. The van der Waals surface area contributed by atoms with Crippen LogP contribution in [-0.4, -0.2) is 4.68 Å². The molecule has 2 aromatic heterocycles. The minimum absolute atomic E-state index is 0.671. The summed E-state index contributed by atoms with van der Waals surface area (Å²) in [5.41, 5.74) is 5.68. The quantitative estimate of drug-likeness (QED) is 0.927. The lowest BCUT2D eigenvalue weighted by atomic mass is 10.4. The van der Waals surface area contributed by atoms with Gasteiger partial charge in [-0.15, -0.1) is 0 Å². The van der Waals surface area contributed by atoms with Crippen LogP contribution in [0.5, 0.6) is 0 Å². The lowest BCUT2D eigenvalue weighted by Crippen LogP contribution is -2.16. The van der Waals surface area contributed by atoms with E-state index in [1.54, 1.807) is 6.26 Å². The number of hydrogen-bond acceptors (Lipinski definition) is 2. The van der Waals surface area contributed by atoms with Crippen LogP contribution in [0, 0.1) is 13.8 Å². The van der Waals surface area contributed by atoms with E-state index in [4.69, 9.17) is 4.42 Å². The normalized spacial score (nSPS) is 10.6. The van der Waals surface area contributed by atoms with Crippen molar-refractivity contribution in [1.29, 1.82) is 0 Å². The van der Waals surface area contributed by atoms with E-state index in [1.165, 1.54) is 11.4 Å². The molecule has 0 radical (unpaired) electrons. The fraction of sp³-hybridized carbons (Fsp3) is 0.273. The summed E-state index contributed by atoms with van der Waals surface area (Å²) >= 11 is 3.42. The number of aromatic nitrogens is 1. The zero-order chi connectivity index (χ0) is 10.8. The van der Waals surface area contributed by atoms with Gasteiger partial charge in [-0.1, -0.05) is 0 Å². The van der Waals surface area contributed by atoms with Crippen molar-refractivity contribution in [2.24, 2.45) is 0 Å². The Morgan fingerprint density at radius 2 is 1.93 bits per heavy atom. The number of hydrogen-bond donors (Lipinski definition) is 1. The van der Waals surface area contributed by atoms with Gasteiger partial charge in [0.2, 0.25) is 0 Å². The lowest BCUT2D eigenvalue weighted by molar-refractivity contribution is 0.507. The fourth-order valence-electron chi connectivity index (χ4n) is 1.52. The van der Waals surface area contributed by atoms with Crippen molar-refractivity contribution >= 4 is 15.9 Å². The van der Waals surface area contributed by atoms with Crippen molar-refractivity contribution in [3.05, 3.63) is 46.1 Å². The second-order valence-corrected chi connectivity index (χ2v) is 4.33. The molecule has 0 unspecified atom stereocenters. The molecule has 0 bridgehead atoms. The van der Waals surface area contributed by atoms with E-state index < -0.39 is 0 Å². The smallest absolute Gasteiger partial charge is 0.138 e. The summed E-state index contributed by atoms with van der Waals surface area (Å²) in [6.45, 7) is 4.80. The monoisotopic (exact) mass is 268 g/mol. The molecular formula is C11H13BrN2O. The molecule has 0 saturated heterocycles. The Morgan fingerprint density at radius 3 is 2.47 bits per heavy atom. The average Bonchev–Trinajstić information content (AvgIpc) is 2.73. The number of aryl methyl sites for hydroxylation is 2. The van der Waals surface area contributed by atoms with Gasteiger partial charge in [0.25, 0.3) is 0 Å². The van der Waals surface area contributed by atoms with Gasteiger partial charge in [0.1, 0.15) is 5.76 Å². The summed E-state index contributed by atoms with van der Waals surface area (Å²) in [4.78, 5) is 0. The van der Waals surface area contributed by atoms with Gasteiger partial charge in [-0.25, -0.2) is 0 Å². The van der Waals surface area contributed by atoms with Crippen molar-refractivity contribution in [3.63, 3.8) is 0 Å². The van der Waals surface area contributed by atoms with E-state index >= 15 is 0 Å². The van der Waals surface area contributed by atoms with Crippen LogP contribution < -0.4 is 5.43 Å². The second-order valence-electron chi connectivity index (χ2n) is 3.48. The van der Waals surface area contributed by atoms with Crippen LogP contribution in [-0.2, 0) is 6.54 Å². The zero-order valence-electron chi connectivity index (χ0n) is 8.75. The molecule has 2 aromatic rings. The van der Waals surface area contributed by atoms with Crippen LogP contribution in [0.1, 0.15) is 17.1 Å². The average molecular weight is 269 g/mol. The summed E-state index contributed by atoms with van der Waals surface area (Å²) < 4.78 is 8.37. The SMILES string of the molecule is Cc1ccc(C)n1NCc1occc1Br. The van der Waals surface area contributed by atoms with Gasteiger partial charge in [0.15, 0.2) is 0 Å². The van der Waals surface area contributed by atoms with Crippen LogP contribution >= 0.6 is 15.9 Å². The first kappa shape index (κ1) is 10.4. The molecule has 1 N–H and O–H groups in total. The second kappa shape index (κ2) is 4.14. The van der Waals surface area contributed by atoms with Gasteiger partial charge in [0, 0.05) is 11.4 Å². The Morgan fingerprint density at radius 1 is 1.27 bits per heavy atom. The molecule has 4 heteroatoms. The first-order valence-corrected chi connectivity index (χ1v) is 5.58. The van der Waals surface area contributed by atoms with Crippen molar-refractivity contribution in [1.82, 2.24) is 4.68 Å². The first-order valence-electron chi connectivity index (χ1n) is 4.79. The third kappa shape index (κ3) is 2.09. The van der Waals surface area contributed by atoms with Crippen LogP contribution in [0.4, 0.5) is 0 Å². The van der Waals surface area contributed by atoms with Crippen LogP contribution in [0.3, 0.4) is 0 Å². The summed E-state index contributed by atoms with van der Waals surface area (Å²) in [6, 6.07) is 6.06. The predicted octanol–water partition coefficient (Wildman–Crippen LogP) is 3.20. The highest BCUT2D eigenvalue weighted by Gasteiger charge is 2.04. The van der Waals surface area contributed by atoms with E-state index in [0.29, 0.717) is 6.54 Å². The highest BCUT2D eigenvalue weighted by Crippen LogP contribution is 2.17. The molecule has 0 aliphatic rings. The summed E-state index contributed by atoms with van der Waals surface area (Å²) in [5, 5.41) is 0. The van der Waals surface area contributed by atoms with Crippen LogP contribution in [0.25, 0.3) is 0 Å². The Hall–Kier alpha value is -1.16. The molecule has 0 aliphatic carbocycles. The van der Waals surface area contributed by atoms with E-state index in [1.807, 2.05) is 6.07 Å². The minimum Gasteiger partial charge on any atom is -0.466 e. The minimum atomic E-state index is 0.671. The molecule has 3 nitrogen and oxygen atoms in total. The Balaban J connectivity index is 2.08. The molecule has 2 heterocycles. The maximum absolute atomic E-state index is 5.32. The van der Waals surface area contributed by atoms with Crippen LogP contribution in [0.2, 0.25) is 0 Å². The molecule has 15 heavy (non-hydrogen) atoms. The fourth-order valence-corrected chi connectivity index (χ4v) is 1.86. The topological polar surface area (TPSA) is 30.1 Å². The zero-order valence-corrected chi connectivity index (χ0v) is 10.3. The van der Waals surface area contributed by atoms with E-state index in [2.05, 4.69) is 52.0 Å². The van der Waals surface area contributed by atoms with Gasteiger partial charge in [0.05, 0.1) is 17.3 Å². The van der Waals surface area contributed by atoms with E-state index in [9.17, 15) is 0 Å². The Kier molecular flexibility index (Phi) is 2.86. The summed E-state index contributed by atoms with van der Waals surface area (Å²) in [7, 11) is 0. The molecular weight excluding hydrogens is 256 g/mol. The summed E-state index contributed by atoms with van der Waals surface area (Å²) in [5.74, 6) is 0.905. The Bertz CT molecular complexity index is 439. The van der Waals surface area contributed by atoms with Gasteiger partial charge < -0.3 is 9.84 Å². The largest absolute Gasteiger partial charge is 0.466 e. The third-order valence-electron chi connectivity index (χ3n) is 2.36. The van der Waals surface area contributed by atoms with Crippen molar-refractivity contribution < 1.29 is 4.42 Å². The molecule has 80 valence electrons. The van der Waals surface area contributed by atoms with Gasteiger partial charge >= 0.3 is 0 Å². The molecule has 0 atom stereocenters. The maximum atomic E-state index is 5.32. The molecule has 0 spiro atoms.